The molecule has 2 heterocycles. The van der Waals surface area contributed by atoms with Crippen LogP contribution in [0.5, 0.6) is 5.75 Å². The maximum atomic E-state index is 6.18. The summed E-state index contributed by atoms with van der Waals surface area (Å²) < 4.78 is 11.6. The highest BCUT2D eigenvalue weighted by Crippen LogP contribution is 2.23. The Bertz CT molecular complexity index is 620. The predicted octanol–water partition coefficient (Wildman–Crippen LogP) is 2.40. The van der Waals surface area contributed by atoms with Crippen molar-refractivity contribution in [2.75, 3.05) is 46.9 Å². The molecule has 1 aromatic carbocycles. The summed E-state index contributed by atoms with van der Waals surface area (Å²) in [5.74, 6) is 2.48. The number of aryl methyl sites for hydroxylation is 1. The predicted molar refractivity (Wildman–Crippen MR) is 120 cm³/mol. The Hall–Kier alpha value is -1.06. The first-order chi connectivity index (χ1) is 12.6. The van der Waals surface area contributed by atoms with Crippen LogP contribution in [0.15, 0.2) is 23.2 Å². The summed E-state index contributed by atoms with van der Waals surface area (Å²) >= 11 is 0. The summed E-state index contributed by atoms with van der Waals surface area (Å²) in [5.41, 5.74) is 2.35. The second-order valence-electron chi connectivity index (χ2n) is 7.44. The van der Waals surface area contributed by atoms with E-state index in [9.17, 15) is 0 Å². The molecule has 6 nitrogen and oxygen atoms in total. The third-order valence-electron chi connectivity index (χ3n) is 5.12. The van der Waals surface area contributed by atoms with Crippen molar-refractivity contribution in [2.24, 2.45) is 10.9 Å². The van der Waals surface area contributed by atoms with E-state index in [0.717, 1.165) is 43.4 Å². The maximum Gasteiger partial charge on any atom is 0.191 e. The molecule has 0 aliphatic carbocycles. The van der Waals surface area contributed by atoms with E-state index >= 15 is 0 Å². The van der Waals surface area contributed by atoms with Gasteiger partial charge < -0.3 is 25.0 Å². The Labute approximate surface area is 180 Å². The van der Waals surface area contributed by atoms with Gasteiger partial charge in [-0.1, -0.05) is 12.1 Å². The summed E-state index contributed by atoms with van der Waals surface area (Å²) in [6.45, 7) is 7.55. The highest BCUT2D eigenvalue weighted by atomic mass is 127. The molecule has 0 spiro atoms. The van der Waals surface area contributed by atoms with Crippen molar-refractivity contribution in [2.45, 2.75) is 32.4 Å². The van der Waals surface area contributed by atoms with E-state index in [1.54, 1.807) is 0 Å². The van der Waals surface area contributed by atoms with E-state index < -0.39 is 0 Å². The first-order valence-electron chi connectivity index (χ1n) is 9.61. The van der Waals surface area contributed by atoms with Gasteiger partial charge in [0.05, 0.1) is 13.2 Å². The summed E-state index contributed by atoms with van der Waals surface area (Å²) in [4.78, 5) is 6.73. The van der Waals surface area contributed by atoms with E-state index in [4.69, 9.17) is 9.47 Å². The molecule has 0 radical (unpaired) electrons. The Morgan fingerprint density at radius 3 is 2.85 bits per heavy atom. The van der Waals surface area contributed by atoms with Crippen LogP contribution in [0.3, 0.4) is 0 Å². The molecule has 1 aromatic rings. The average Bonchev–Trinajstić information content (AvgIpc) is 3.28. The van der Waals surface area contributed by atoms with Crippen LogP contribution in [0, 0.1) is 12.8 Å². The fraction of sp³-hybridized carbons (Fsp3) is 0.650. The third-order valence-corrected chi connectivity index (χ3v) is 5.12. The van der Waals surface area contributed by atoms with E-state index in [0.29, 0.717) is 19.1 Å². The fourth-order valence-electron chi connectivity index (χ4n) is 3.54. The second-order valence-corrected chi connectivity index (χ2v) is 7.44. The number of ether oxygens (including phenoxy) is 2. The molecule has 27 heavy (non-hydrogen) atoms. The summed E-state index contributed by atoms with van der Waals surface area (Å²) in [6.07, 6.45) is 2.37. The minimum absolute atomic E-state index is 0. The quantitative estimate of drug-likeness (QED) is 0.366. The van der Waals surface area contributed by atoms with Crippen molar-refractivity contribution in [3.8, 4) is 5.75 Å². The minimum Gasteiger partial charge on any atom is -0.488 e. The second kappa shape index (κ2) is 11.1. The van der Waals surface area contributed by atoms with Crippen LogP contribution in [0.2, 0.25) is 0 Å². The first kappa shape index (κ1) is 22.2. The van der Waals surface area contributed by atoms with Crippen molar-refractivity contribution in [1.29, 1.82) is 0 Å². The van der Waals surface area contributed by atoms with Crippen LogP contribution < -0.4 is 15.4 Å². The number of benzene rings is 1. The zero-order valence-corrected chi connectivity index (χ0v) is 19.0. The number of aliphatic imine (C=N–C) groups is 1. The van der Waals surface area contributed by atoms with Crippen molar-refractivity contribution < 1.29 is 9.47 Å². The van der Waals surface area contributed by atoms with Crippen molar-refractivity contribution >= 4 is 29.9 Å². The molecule has 2 fully saturated rings. The third kappa shape index (κ3) is 6.80. The van der Waals surface area contributed by atoms with Gasteiger partial charge in [0.2, 0.25) is 0 Å². The number of halogens is 1. The molecular formula is C20H33IN4O2. The maximum absolute atomic E-state index is 6.18. The van der Waals surface area contributed by atoms with E-state index in [-0.39, 0.29) is 30.1 Å². The molecule has 3 rings (SSSR count). The molecule has 152 valence electrons. The fourth-order valence-corrected chi connectivity index (χ4v) is 3.54. The number of nitrogens with one attached hydrogen (secondary N) is 2. The Morgan fingerprint density at radius 2 is 2.19 bits per heavy atom. The largest absolute Gasteiger partial charge is 0.488 e. The molecule has 0 bridgehead atoms. The molecule has 7 heteroatoms. The molecule has 0 saturated carbocycles. The summed E-state index contributed by atoms with van der Waals surface area (Å²) in [5, 5.41) is 6.88. The molecule has 2 unspecified atom stereocenters. The van der Waals surface area contributed by atoms with Gasteiger partial charge in [0, 0.05) is 38.7 Å². The molecular weight excluding hydrogens is 455 g/mol. The lowest BCUT2D eigenvalue weighted by Gasteiger charge is -2.19. The summed E-state index contributed by atoms with van der Waals surface area (Å²) in [7, 11) is 4.00. The summed E-state index contributed by atoms with van der Waals surface area (Å²) in [6, 6.07) is 6.37. The van der Waals surface area contributed by atoms with E-state index in [2.05, 4.69) is 52.7 Å². The Morgan fingerprint density at radius 1 is 1.33 bits per heavy atom. The van der Waals surface area contributed by atoms with Gasteiger partial charge >= 0.3 is 0 Å². The zero-order chi connectivity index (χ0) is 18.4. The molecule has 2 saturated heterocycles. The molecule has 2 aliphatic rings. The molecule has 2 N–H and O–H groups in total. The first-order valence-corrected chi connectivity index (χ1v) is 9.61. The highest BCUT2D eigenvalue weighted by molar-refractivity contribution is 14.0. The minimum atomic E-state index is 0. The monoisotopic (exact) mass is 488 g/mol. The number of guanidine groups is 1. The van der Waals surface area contributed by atoms with Gasteiger partial charge in [-0.15, -0.1) is 24.0 Å². The van der Waals surface area contributed by atoms with Gasteiger partial charge in [0.1, 0.15) is 11.9 Å². The smallest absolute Gasteiger partial charge is 0.191 e. The highest BCUT2D eigenvalue weighted by Gasteiger charge is 2.20. The van der Waals surface area contributed by atoms with Crippen LogP contribution in [-0.2, 0) is 11.3 Å². The Balaban J connectivity index is 0.00000261. The molecule has 2 atom stereocenters. The molecule has 2 aliphatic heterocycles. The number of hydrogen-bond donors (Lipinski definition) is 2. The topological polar surface area (TPSA) is 58.1 Å². The van der Waals surface area contributed by atoms with Crippen molar-refractivity contribution in [3.63, 3.8) is 0 Å². The standard InChI is InChI=1S/C20H32N4O2.HI/c1-15-4-5-17(19(10-15)26-18-7-9-25-14-18)12-23-20(21-2)22-11-16-6-8-24(3)13-16;/h4-5,10,16,18H,6-9,11-14H2,1-3H3,(H2,21,22,23);1H. The number of hydrogen-bond acceptors (Lipinski definition) is 4. The average molecular weight is 488 g/mol. The van der Waals surface area contributed by atoms with Crippen LogP contribution >= 0.6 is 24.0 Å². The number of rotatable bonds is 6. The zero-order valence-electron chi connectivity index (χ0n) is 16.7. The molecule has 0 aromatic heterocycles. The number of nitrogens with zero attached hydrogens (tertiary/aromatic N) is 2. The Kier molecular flexibility index (Phi) is 9.11. The van der Waals surface area contributed by atoms with Gasteiger partial charge in [0.15, 0.2) is 5.96 Å². The van der Waals surface area contributed by atoms with Crippen molar-refractivity contribution in [3.05, 3.63) is 29.3 Å². The van der Waals surface area contributed by atoms with Gasteiger partial charge in [0.25, 0.3) is 0 Å². The van der Waals surface area contributed by atoms with Crippen LogP contribution in [0.1, 0.15) is 24.0 Å². The van der Waals surface area contributed by atoms with Gasteiger partial charge in [-0.25, -0.2) is 0 Å². The van der Waals surface area contributed by atoms with Crippen LogP contribution in [-0.4, -0.2) is 63.9 Å². The lowest BCUT2D eigenvalue weighted by molar-refractivity contribution is 0.140. The van der Waals surface area contributed by atoms with Crippen LogP contribution in [0.4, 0.5) is 0 Å². The molecule has 0 amide bonds. The van der Waals surface area contributed by atoms with Gasteiger partial charge in [-0.05, 0) is 44.5 Å². The SMILES string of the molecule is CN=C(NCc1ccc(C)cc1OC1CCOC1)NCC1CCN(C)C1.I. The van der Waals surface area contributed by atoms with Gasteiger partial charge in [-0.2, -0.15) is 0 Å². The van der Waals surface area contributed by atoms with E-state index in [1.165, 1.54) is 18.5 Å². The van der Waals surface area contributed by atoms with E-state index in [1.807, 2.05) is 7.05 Å². The lowest BCUT2D eigenvalue weighted by Crippen LogP contribution is -2.39. The normalized spacial score (nSPS) is 23.1. The van der Waals surface area contributed by atoms with Crippen molar-refractivity contribution in [1.82, 2.24) is 15.5 Å². The lowest BCUT2D eigenvalue weighted by atomic mass is 10.1. The number of likely N-dealkylation sites (tertiary alicyclic amines) is 1. The van der Waals surface area contributed by atoms with Gasteiger partial charge in [-0.3, -0.25) is 4.99 Å². The van der Waals surface area contributed by atoms with Crippen LogP contribution in [0.25, 0.3) is 0 Å².